The van der Waals surface area contributed by atoms with Crippen LogP contribution in [-0.2, 0) is 0 Å². The monoisotopic (exact) mass is 302 g/mol. The second-order valence-corrected chi connectivity index (χ2v) is 5.25. The summed E-state index contributed by atoms with van der Waals surface area (Å²) in [5, 5.41) is 15.2. The molecule has 0 radical (unpaired) electrons. The average molecular weight is 302 g/mol. The van der Waals surface area contributed by atoms with Gasteiger partial charge in [0, 0.05) is 25.8 Å². The summed E-state index contributed by atoms with van der Waals surface area (Å²) in [6.07, 6.45) is -3.91. The van der Waals surface area contributed by atoms with Crippen LogP contribution in [0.1, 0.15) is 12.8 Å². The van der Waals surface area contributed by atoms with E-state index < -0.39 is 12.1 Å². The van der Waals surface area contributed by atoms with Crippen molar-refractivity contribution in [3.63, 3.8) is 0 Å². The molecule has 21 heavy (non-hydrogen) atoms. The Balaban J connectivity index is 2.12. The van der Waals surface area contributed by atoms with Crippen molar-refractivity contribution in [1.82, 2.24) is 0 Å². The number of benzene rings is 1. The van der Waals surface area contributed by atoms with Crippen molar-refractivity contribution in [2.45, 2.75) is 19.0 Å². The Bertz CT molecular complexity index is 483. The molecule has 0 saturated carbocycles. The van der Waals surface area contributed by atoms with Gasteiger partial charge in [-0.15, -0.1) is 0 Å². The van der Waals surface area contributed by atoms with Gasteiger partial charge >= 0.3 is 6.18 Å². The van der Waals surface area contributed by atoms with Crippen molar-refractivity contribution >= 4 is 17.1 Å². The molecule has 0 unspecified atom stereocenters. The van der Waals surface area contributed by atoms with Crippen molar-refractivity contribution in [2.75, 3.05) is 42.5 Å². The topological polar surface area (TPSA) is 41.6 Å². The third-order valence-electron chi connectivity index (χ3n) is 3.91. The number of piperidine rings is 1. The van der Waals surface area contributed by atoms with Crippen LogP contribution in [0.15, 0.2) is 18.2 Å². The maximum Gasteiger partial charge on any atom is 0.391 e. The first-order valence-electron chi connectivity index (χ1n) is 6.87. The predicted molar refractivity (Wildman–Crippen MR) is 78.8 cm³/mol. The minimum absolute atomic E-state index is 0.0971. The molecule has 1 fully saturated rings. The molecule has 0 atom stereocenters. The third kappa shape index (κ3) is 3.53. The summed E-state index contributed by atoms with van der Waals surface area (Å²) in [6, 6.07) is 5.31. The lowest BCUT2D eigenvalue weighted by Crippen LogP contribution is -2.39. The van der Waals surface area contributed by atoms with Gasteiger partial charge in [-0.05, 0) is 38.1 Å². The Hall–Kier alpha value is -1.63. The first-order valence-corrected chi connectivity index (χ1v) is 6.87. The van der Waals surface area contributed by atoms with Gasteiger partial charge in [0.25, 0.3) is 0 Å². The van der Waals surface area contributed by atoms with Crippen LogP contribution in [0.3, 0.4) is 0 Å². The highest BCUT2D eigenvalue weighted by Gasteiger charge is 2.41. The molecule has 1 N–H and O–H groups in total. The molecule has 0 aromatic heterocycles. The third-order valence-corrected chi connectivity index (χ3v) is 3.91. The maximum absolute atomic E-state index is 12.7. The largest absolute Gasteiger partial charge is 0.758 e. The van der Waals surface area contributed by atoms with Crippen LogP contribution in [0.25, 0.3) is 0 Å². The molecule has 0 spiro atoms. The predicted octanol–water partition coefficient (Wildman–Crippen LogP) is 3.44. The molecule has 0 aliphatic carbocycles. The number of nitrogens with zero attached hydrogens (tertiary/aromatic N) is 2. The van der Waals surface area contributed by atoms with Crippen molar-refractivity contribution < 1.29 is 13.2 Å². The molecule has 118 valence electrons. The van der Waals surface area contributed by atoms with Crippen LogP contribution in [-0.4, -0.2) is 33.4 Å². The molecular formula is C14H19F3N3O-. The Morgan fingerprint density at radius 2 is 1.90 bits per heavy atom. The highest BCUT2D eigenvalue weighted by Crippen LogP contribution is 2.37. The van der Waals surface area contributed by atoms with Gasteiger partial charge in [0.2, 0.25) is 0 Å². The second kappa shape index (κ2) is 6.01. The van der Waals surface area contributed by atoms with E-state index in [4.69, 9.17) is 0 Å². The molecule has 7 heteroatoms. The van der Waals surface area contributed by atoms with Gasteiger partial charge in [-0.25, -0.2) is 0 Å². The minimum atomic E-state index is -4.11. The molecule has 1 heterocycles. The number of alkyl halides is 3. The van der Waals surface area contributed by atoms with E-state index in [1.807, 2.05) is 11.0 Å². The smallest absolute Gasteiger partial charge is 0.391 e. The fraction of sp³-hybridized carbons (Fsp3) is 0.571. The molecule has 1 aromatic rings. The van der Waals surface area contributed by atoms with E-state index in [0.29, 0.717) is 24.5 Å². The molecule has 1 aliphatic heterocycles. The number of hydrogen-bond donors (Lipinski definition) is 1. The zero-order chi connectivity index (χ0) is 15.6. The first kappa shape index (κ1) is 15.8. The Morgan fingerprint density at radius 3 is 2.38 bits per heavy atom. The van der Waals surface area contributed by atoms with Crippen LogP contribution in [0.4, 0.5) is 30.2 Å². The molecule has 0 bridgehead atoms. The van der Waals surface area contributed by atoms with Crippen LogP contribution < -0.4 is 15.3 Å². The van der Waals surface area contributed by atoms with Gasteiger partial charge in [-0.1, -0.05) is 0 Å². The molecule has 4 nitrogen and oxygen atoms in total. The fourth-order valence-corrected chi connectivity index (χ4v) is 2.65. The van der Waals surface area contributed by atoms with E-state index in [9.17, 15) is 18.4 Å². The lowest BCUT2D eigenvalue weighted by molar-refractivity contribution is -0.179. The SMILES string of the molecule is CNc1ccc(N2CCC(C(F)(F)F)CC2)cc1N(C)[O-]. The number of rotatable bonds is 3. The Morgan fingerprint density at radius 1 is 1.29 bits per heavy atom. The van der Waals surface area contributed by atoms with E-state index in [1.54, 1.807) is 19.2 Å². The van der Waals surface area contributed by atoms with Gasteiger partial charge in [-0.3, -0.25) is 0 Å². The molecule has 1 aliphatic rings. The van der Waals surface area contributed by atoms with Crippen LogP contribution >= 0.6 is 0 Å². The number of anilines is 3. The van der Waals surface area contributed by atoms with Crippen molar-refractivity contribution in [2.24, 2.45) is 5.92 Å². The minimum Gasteiger partial charge on any atom is -0.758 e. The number of hydrogen-bond acceptors (Lipinski definition) is 4. The van der Waals surface area contributed by atoms with E-state index in [2.05, 4.69) is 5.32 Å². The Labute approximate surface area is 122 Å². The second-order valence-electron chi connectivity index (χ2n) is 5.25. The van der Waals surface area contributed by atoms with E-state index in [0.717, 1.165) is 10.8 Å². The maximum atomic E-state index is 12.7. The van der Waals surface area contributed by atoms with Crippen LogP contribution in [0.2, 0.25) is 0 Å². The summed E-state index contributed by atoms with van der Waals surface area (Å²) >= 11 is 0. The number of nitrogens with one attached hydrogen (secondary N) is 1. The van der Waals surface area contributed by atoms with Crippen LogP contribution in [0.5, 0.6) is 0 Å². The highest BCUT2D eigenvalue weighted by molar-refractivity contribution is 5.75. The number of halogens is 3. The number of hydroxylamine groups is 1. The van der Waals surface area contributed by atoms with E-state index in [-0.39, 0.29) is 12.8 Å². The normalized spacial score (nSPS) is 17.0. The Kier molecular flexibility index (Phi) is 4.51. The van der Waals surface area contributed by atoms with E-state index in [1.165, 1.54) is 7.05 Å². The molecule has 1 saturated heterocycles. The van der Waals surface area contributed by atoms with Crippen LogP contribution in [0, 0.1) is 11.1 Å². The summed E-state index contributed by atoms with van der Waals surface area (Å²) in [7, 11) is 3.12. The van der Waals surface area contributed by atoms with Gasteiger partial charge in [0.1, 0.15) is 0 Å². The highest BCUT2D eigenvalue weighted by atomic mass is 19.4. The zero-order valence-electron chi connectivity index (χ0n) is 12.1. The summed E-state index contributed by atoms with van der Waals surface area (Å²) in [5.74, 6) is -1.22. The molecule has 0 amide bonds. The van der Waals surface area contributed by atoms with Gasteiger partial charge in [-0.2, -0.15) is 13.2 Å². The molecule has 1 aromatic carbocycles. The lowest BCUT2D eigenvalue weighted by atomic mass is 9.96. The van der Waals surface area contributed by atoms with Gasteiger partial charge in [0.15, 0.2) is 0 Å². The molecular weight excluding hydrogens is 283 g/mol. The molecule has 2 rings (SSSR count). The first-order chi connectivity index (χ1) is 9.82. The van der Waals surface area contributed by atoms with Gasteiger partial charge in [0.05, 0.1) is 17.3 Å². The summed E-state index contributed by atoms with van der Waals surface area (Å²) in [4.78, 5) is 1.90. The van der Waals surface area contributed by atoms with Gasteiger partial charge < -0.3 is 20.5 Å². The summed E-state index contributed by atoms with van der Waals surface area (Å²) in [6.45, 7) is 0.705. The van der Waals surface area contributed by atoms with E-state index >= 15 is 0 Å². The summed E-state index contributed by atoms with van der Waals surface area (Å²) in [5.41, 5.74) is 1.96. The lowest BCUT2D eigenvalue weighted by Gasteiger charge is -2.36. The van der Waals surface area contributed by atoms with Crippen molar-refractivity contribution in [3.8, 4) is 0 Å². The summed E-state index contributed by atoms with van der Waals surface area (Å²) < 4.78 is 38.0. The zero-order valence-corrected chi connectivity index (χ0v) is 12.1. The van der Waals surface area contributed by atoms with Crippen molar-refractivity contribution in [3.05, 3.63) is 23.4 Å². The quantitative estimate of drug-likeness (QED) is 0.869. The van der Waals surface area contributed by atoms with Crippen molar-refractivity contribution in [1.29, 1.82) is 0 Å². The fourth-order valence-electron chi connectivity index (χ4n) is 2.65. The average Bonchev–Trinajstić information content (AvgIpc) is 2.45. The standard InChI is InChI=1S/C14H19F3N3O/c1-18-12-4-3-11(9-13(12)19(2)21)20-7-5-10(6-8-20)14(15,16)17/h3-4,9-10,18H,5-8H2,1-2H3/q-1.